The van der Waals surface area contributed by atoms with Gasteiger partial charge in [0.05, 0.1) is 23.8 Å². The average Bonchev–Trinajstić information content (AvgIpc) is 3.47. The number of halogens is 2. The molecule has 36 heavy (non-hydrogen) atoms. The second-order valence-electron chi connectivity index (χ2n) is 9.87. The van der Waals surface area contributed by atoms with Gasteiger partial charge in [-0.2, -0.15) is 5.10 Å². The maximum atomic E-state index is 14.5. The quantitative estimate of drug-likeness (QED) is 0.420. The Bertz CT molecular complexity index is 1470. The molecule has 0 bridgehead atoms. The topological polar surface area (TPSA) is 102 Å². The van der Waals surface area contributed by atoms with Crippen LogP contribution in [0.3, 0.4) is 0 Å². The molecule has 6 rings (SSSR count). The Labute approximate surface area is 205 Å². The van der Waals surface area contributed by atoms with E-state index in [-0.39, 0.29) is 18.4 Å². The summed E-state index contributed by atoms with van der Waals surface area (Å²) in [6.45, 7) is 3.01. The number of pyridine rings is 1. The van der Waals surface area contributed by atoms with Gasteiger partial charge in [-0.3, -0.25) is 5.10 Å². The van der Waals surface area contributed by atoms with Crippen LogP contribution in [-0.2, 0) is 14.3 Å². The first kappa shape index (κ1) is 23.1. The Kier molecular flexibility index (Phi) is 5.53. The third-order valence-corrected chi connectivity index (χ3v) is 7.62. The lowest BCUT2D eigenvalue weighted by atomic mass is 9.82. The SMILES string of the molecule is C[C@@]1(C(=O)O)CC[C@H](c2c(C3CCOCC3)n(-c3ccc(F)c(F)c3)c3cc4cn[nH]c4nc23)CO1. The van der Waals surface area contributed by atoms with Crippen LogP contribution in [0.25, 0.3) is 27.8 Å². The Morgan fingerprint density at radius 2 is 1.97 bits per heavy atom. The highest BCUT2D eigenvalue weighted by atomic mass is 19.2. The molecule has 2 aliphatic rings. The first-order chi connectivity index (χ1) is 17.4. The molecule has 0 unspecified atom stereocenters. The summed E-state index contributed by atoms with van der Waals surface area (Å²) in [5.41, 5.74) is 3.31. The summed E-state index contributed by atoms with van der Waals surface area (Å²) in [5, 5.41) is 17.5. The minimum atomic E-state index is -1.24. The van der Waals surface area contributed by atoms with Gasteiger partial charge in [-0.05, 0) is 50.8 Å². The zero-order valence-electron chi connectivity index (χ0n) is 19.8. The van der Waals surface area contributed by atoms with Gasteiger partial charge in [0, 0.05) is 53.4 Å². The number of aromatic nitrogens is 4. The maximum Gasteiger partial charge on any atom is 0.335 e. The third-order valence-electron chi connectivity index (χ3n) is 7.62. The fourth-order valence-electron chi connectivity index (χ4n) is 5.57. The number of ether oxygens (including phenoxy) is 2. The van der Waals surface area contributed by atoms with Crippen LogP contribution in [0.15, 0.2) is 30.5 Å². The molecule has 0 saturated carbocycles. The minimum absolute atomic E-state index is 0.0975. The molecule has 2 fully saturated rings. The molecule has 2 N–H and O–H groups in total. The number of rotatable bonds is 4. The summed E-state index contributed by atoms with van der Waals surface area (Å²) in [6.07, 6.45) is 4.17. The summed E-state index contributed by atoms with van der Waals surface area (Å²) < 4.78 is 41.9. The van der Waals surface area contributed by atoms with Gasteiger partial charge in [0.25, 0.3) is 0 Å². The molecule has 5 heterocycles. The highest BCUT2D eigenvalue weighted by Gasteiger charge is 2.41. The van der Waals surface area contributed by atoms with Crippen molar-refractivity contribution in [3.63, 3.8) is 0 Å². The highest BCUT2D eigenvalue weighted by Crippen LogP contribution is 2.45. The van der Waals surface area contributed by atoms with Crippen LogP contribution in [0.4, 0.5) is 8.78 Å². The number of fused-ring (bicyclic) bond motifs is 2. The van der Waals surface area contributed by atoms with Crippen molar-refractivity contribution in [2.75, 3.05) is 19.8 Å². The molecule has 8 nitrogen and oxygen atoms in total. The van der Waals surface area contributed by atoms with Gasteiger partial charge < -0.3 is 19.1 Å². The molecule has 0 radical (unpaired) electrons. The van der Waals surface area contributed by atoms with Crippen LogP contribution in [0, 0.1) is 11.6 Å². The second kappa shape index (κ2) is 8.63. The second-order valence-corrected chi connectivity index (χ2v) is 9.87. The number of hydrogen-bond donors (Lipinski definition) is 2. The van der Waals surface area contributed by atoms with Crippen LogP contribution in [-0.4, -0.2) is 56.2 Å². The van der Waals surface area contributed by atoms with E-state index in [1.165, 1.54) is 6.07 Å². The molecule has 10 heteroatoms. The Hall–Kier alpha value is -3.37. The van der Waals surface area contributed by atoms with Crippen molar-refractivity contribution in [3.8, 4) is 5.69 Å². The van der Waals surface area contributed by atoms with E-state index < -0.39 is 23.2 Å². The number of carbonyl (C=O) groups is 1. The lowest BCUT2D eigenvalue weighted by Crippen LogP contribution is -2.43. The third kappa shape index (κ3) is 3.67. The van der Waals surface area contributed by atoms with Crippen LogP contribution < -0.4 is 0 Å². The van der Waals surface area contributed by atoms with E-state index in [0.717, 1.165) is 46.6 Å². The molecule has 2 aliphatic heterocycles. The molecule has 0 spiro atoms. The van der Waals surface area contributed by atoms with E-state index in [9.17, 15) is 18.7 Å². The maximum absolute atomic E-state index is 14.5. The number of aromatic amines is 1. The Morgan fingerprint density at radius 1 is 1.17 bits per heavy atom. The first-order valence-corrected chi connectivity index (χ1v) is 12.1. The molecule has 188 valence electrons. The standard InChI is InChI=1S/C26H26F2N4O4/c1-26(25(33)34)7-4-15(13-36-26)21-22-20(10-16-12-29-31-24(16)30-22)32(17-2-3-18(27)19(28)11-17)23(21)14-5-8-35-9-6-14/h2-3,10-12,14-15H,4-9,13H2,1H3,(H,33,34)(H,29,30,31)/t15-,26-/m0/s1. The van der Waals surface area contributed by atoms with Crippen LogP contribution in [0.5, 0.6) is 0 Å². The van der Waals surface area contributed by atoms with Gasteiger partial charge in [-0.15, -0.1) is 0 Å². The number of H-pyrrole nitrogens is 1. The molecule has 2 saturated heterocycles. The molecule has 1 aromatic carbocycles. The van der Waals surface area contributed by atoms with Gasteiger partial charge in [-0.1, -0.05) is 0 Å². The molecular formula is C26H26F2N4O4. The smallest absolute Gasteiger partial charge is 0.335 e. The molecule has 2 atom stereocenters. The van der Waals surface area contributed by atoms with Crippen molar-refractivity contribution in [2.24, 2.45) is 0 Å². The number of carboxylic acids is 1. The van der Waals surface area contributed by atoms with E-state index in [1.54, 1.807) is 19.2 Å². The number of hydrogen-bond acceptors (Lipinski definition) is 5. The van der Waals surface area contributed by atoms with Gasteiger partial charge >= 0.3 is 5.97 Å². The monoisotopic (exact) mass is 496 g/mol. The summed E-state index contributed by atoms with van der Waals surface area (Å²) in [4.78, 5) is 16.7. The molecule has 0 aliphatic carbocycles. The predicted octanol–water partition coefficient (Wildman–Crippen LogP) is 4.81. The van der Waals surface area contributed by atoms with Crippen LogP contribution >= 0.6 is 0 Å². The van der Waals surface area contributed by atoms with E-state index in [4.69, 9.17) is 14.5 Å². The largest absolute Gasteiger partial charge is 0.479 e. The molecule has 3 aromatic heterocycles. The summed E-state index contributed by atoms with van der Waals surface area (Å²) in [6, 6.07) is 5.87. The van der Waals surface area contributed by atoms with Crippen molar-refractivity contribution in [1.82, 2.24) is 19.7 Å². The number of carboxylic acid groups (broad SMARTS) is 1. The highest BCUT2D eigenvalue weighted by molar-refractivity contribution is 5.93. The first-order valence-electron chi connectivity index (χ1n) is 12.1. The summed E-state index contributed by atoms with van der Waals surface area (Å²) in [7, 11) is 0. The van der Waals surface area contributed by atoms with Gasteiger partial charge in [0.15, 0.2) is 22.9 Å². The number of benzene rings is 1. The Morgan fingerprint density at radius 3 is 2.67 bits per heavy atom. The van der Waals surface area contributed by atoms with E-state index in [1.807, 2.05) is 10.6 Å². The minimum Gasteiger partial charge on any atom is -0.479 e. The van der Waals surface area contributed by atoms with Crippen LogP contribution in [0.1, 0.15) is 55.7 Å². The fraction of sp³-hybridized carbons (Fsp3) is 0.423. The van der Waals surface area contributed by atoms with E-state index >= 15 is 0 Å². The van der Waals surface area contributed by atoms with E-state index in [0.29, 0.717) is 37.4 Å². The average molecular weight is 497 g/mol. The zero-order valence-corrected chi connectivity index (χ0v) is 19.8. The normalized spacial score (nSPS) is 23.5. The van der Waals surface area contributed by atoms with Gasteiger partial charge in [0.2, 0.25) is 0 Å². The lowest BCUT2D eigenvalue weighted by molar-refractivity contribution is -0.170. The van der Waals surface area contributed by atoms with E-state index in [2.05, 4.69) is 10.2 Å². The van der Waals surface area contributed by atoms with Crippen molar-refractivity contribution in [2.45, 2.75) is 50.0 Å². The van der Waals surface area contributed by atoms with Gasteiger partial charge in [-0.25, -0.2) is 18.6 Å². The zero-order chi connectivity index (χ0) is 25.0. The van der Waals surface area contributed by atoms with Gasteiger partial charge in [0.1, 0.15) is 0 Å². The predicted molar refractivity (Wildman–Crippen MR) is 127 cm³/mol. The molecular weight excluding hydrogens is 470 g/mol. The molecule has 4 aromatic rings. The van der Waals surface area contributed by atoms with Crippen molar-refractivity contribution in [1.29, 1.82) is 0 Å². The summed E-state index contributed by atoms with van der Waals surface area (Å²) in [5.74, 6) is -2.83. The molecule has 0 amide bonds. The number of nitrogens with zero attached hydrogens (tertiary/aromatic N) is 3. The van der Waals surface area contributed by atoms with Crippen molar-refractivity contribution in [3.05, 3.63) is 53.4 Å². The number of nitrogens with one attached hydrogen (secondary N) is 1. The number of aliphatic carboxylic acids is 1. The fourth-order valence-corrected chi connectivity index (χ4v) is 5.57. The van der Waals surface area contributed by atoms with Crippen molar-refractivity contribution >= 4 is 28.0 Å². The van der Waals surface area contributed by atoms with Crippen molar-refractivity contribution < 1.29 is 28.2 Å². The Balaban J connectivity index is 1.61. The lowest BCUT2D eigenvalue weighted by Gasteiger charge is -2.35. The van der Waals surface area contributed by atoms with Crippen LogP contribution in [0.2, 0.25) is 0 Å². The summed E-state index contributed by atoms with van der Waals surface area (Å²) >= 11 is 0.